The SMILES string of the molecule is Cc1cc(C)c(C)c(C(O)C2CCCCCCC2)c1C. The van der Waals surface area contributed by atoms with Gasteiger partial charge in [0.1, 0.15) is 0 Å². The van der Waals surface area contributed by atoms with Crippen molar-refractivity contribution >= 4 is 0 Å². The highest BCUT2D eigenvalue weighted by molar-refractivity contribution is 5.45. The molecule has 1 aromatic rings. The molecule has 1 heteroatoms. The number of hydrogen-bond donors (Lipinski definition) is 1. The minimum Gasteiger partial charge on any atom is -0.388 e. The van der Waals surface area contributed by atoms with Crippen LogP contribution in [-0.4, -0.2) is 5.11 Å². The molecule has 0 heterocycles. The predicted molar refractivity (Wildman–Crippen MR) is 86.2 cm³/mol. The summed E-state index contributed by atoms with van der Waals surface area (Å²) in [6, 6.07) is 2.25. The van der Waals surface area contributed by atoms with Crippen molar-refractivity contribution < 1.29 is 5.11 Å². The first-order valence-corrected chi connectivity index (χ1v) is 8.27. The van der Waals surface area contributed by atoms with Crippen LogP contribution in [0.2, 0.25) is 0 Å². The standard InChI is InChI=1S/C19H30O/c1-13-12-14(2)16(4)18(15(13)3)19(20)17-10-8-6-5-7-9-11-17/h12,17,19-20H,5-11H2,1-4H3. The highest BCUT2D eigenvalue weighted by Crippen LogP contribution is 2.37. The molecule has 1 saturated carbocycles. The maximum atomic E-state index is 11.0. The van der Waals surface area contributed by atoms with Crippen LogP contribution < -0.4 is 0 Å². The Balaban J connectivity index is 2.29. The summed E-state index contributed by atoms with van der Waals surface area (Å²) in [7, 11) is 0. The Hall–Kier alpha value is -0.820. The Morgan fingerprint density at radius 1 is 0.850 bits per heavy atom. The first kappa shape index (κ1) is 15.6. The van der Waals surface area contributed by atoms with Gasteiger partial charge in [0.15, 0.2) is 0 Å². The lowest BCUT2D eigenvalue weighted by Gasteiger charge is -2.28. The lowest BCUT2D eigenvalue weighted by molar-refractivity contribution is 0.0900. The van der Waals surface area contributed by atoms with Crippen molar-refractivity contribution in [2.45, 2.75) is 78.7 Å². The van der Waals surface area contributed by atoms with Crippen LogP contribution in [0.4, 0.5) is 0 Å². The first-order valence-electron chi connectivity index (χ1n) is 8.27. The van der Waals surface area contributed by atoms with Gasteiger partial charge in [0.05, 0.1) is 6.10 Å². The molecule has 0 aliphatic heterocycles. The summed E-state index contributed by atoms with van der Waals surface area (Å²) in [5.74, 6) is 0.453. The molecule has 0 saturated heterocycles. The fourth-order valence-corrected chi connectivity index (χ4v) is 3.73. The third kappa shape index (κ3) is 3.25. The molecule has 112 valence electrons. The molecule has 0 amide bonds. The molecule has 0 spiro atoms. The van der Waals surface area contributed by atoms with E-state index in [0.717, 1.165) is 0 Å². The fraction of sp³-hybridized carbons (Fsp3) is 0.684. The molecule has 1 nitrogen and oxygen atoms in total. The van der Waals surface area contributed by atoms with Crippen LogP contribution in [0.5, 0.6) is 0 Å². The number of benzene rings is 1. The number of aliphatic hydroxyl groups excluding tert-OH is 1. The van der Waals surface area contributed by atoms with Crippen LogP contribution in [0.25, 0.3) is 0 Å². The zero-order valence-electron chi connectivity index (χ0n) is 13.6. The maximum absolute atomic E-state index is 11.0. The Kier molecular flexibility index (Phi) is 5.26. The zero-order valence-corrected chi connectivity index (χ0v) is 13.6. The van der Waals surface area contributed by atoms with E-state index in [9.17, 15) is 5.11 Å². The van der Waals surface area contributed by atoms with Crippen LogP contribution in [0.1, 0.15) is 78.9 Å². The molecule has 0 bridgehead atoms. The second-order valence-electron chi connectivity index (χ2n) is 6.72. The Morgan fingerprint density at radius 3 is 1.80 bits per heavy atom. The monoisotopic (exact) mass is 274 g/mol. The van der Waals surface area contributed by atoms with Crippen LogP contribution in [-0.2, 0) is 0 Å². The van der Waals surface area contributed by atoms with Gasteiger partial charge in [-0.05, 0) is 74.3 Å². The highest BCUT2D eigenvalue weighted by Gasteiger charge is 2.25. The van der Waals surface area contributed by atoms with E-state index in [-0.39, 0.29) is 6.10 Å². The van der Waals surface area contributed by atoms with Crippen LogP contribution in [0.3, 0.4) is 0 Å². The summed E-state index contributed by atoms with van der Waals surface area (Å²) in [6.45, 7) is 8.67. The number of rotatable bonds is 2. The Bertz CT molecular complexity index is 427. The van der Waals surface area contributed by atoms with E-state index in [0.29, 0.717) is 5.92 Å². The molecule has 0 radical (unpaired) electrons. The lowest BCUT2D eigenvalue weighted by Crippen LogP contribution is -2.17. The molecule has 0 aromatic heterocycles. The lowest BCUT2D eigenvalue weighted by atomic mass is 9.80. The summed E-state index contributed by atoms with van der Waals surface area (Å²) in [4.78, 5) is 0. The van der Waals surface area contributed by atoms with E-state index >= 15 is 0 Å². The molecule has 1 aliphatic carbocycles. The molecule has 1 unspecified atom stereocenters. The van der Waals surface area contributed by atoms with Gasteiger partial charge in [-0.1, -0.05) is 38.2 Å². The van der Waals surface area contributed by atoms with Gasteiger partial charge in [-0.2, -0.15) is 0 Å². The maximum Gasteiger partial charge on any atom is 0.0823 e. The van der Waals surface area contributed by atoms with Gasteiger partial charge in [0, 0.05) is 0 Å². The van der Waals surface area contributed by atoms with Gasteiger partial charge in [-0.15, -0.1) is 0 Å². The van der Waals surface area contributed by atoms with E-state index in [1.54, 1.807) is 0 Å². The molecule has 1 N–H and O–H groups in total. The van der Waals surface area contributed by atoms with E-state index in [4.69, 9.17) is 0 Å². The number of aryl methyl sites for hydroxylation is 2. The van der Waals surface area contributed by atoms with Crippen molar-refractivity contribution in [3.63, 3.8) is 0 Å². The molecular formula is C19H30O. The average Bonchev–Trinajstić information content (AvgIpc) is 2.36. The summed E-state index contributed by atoms with van der Waals surface area (Å²) < 4.78 is 0. The van der Waals surface area contributed by atoms with Gasteiger partial charge in [0.2, 0.25) is 0 Å². The summed E-state index contributed by atoms with van der Waals surface area (Å²) in [6.07, 6.45) is 8.73. The van der Waals surface area contributed by atoms with Gasteiger partial charge < -0.3 is 5.11 Å². The molecule has 1 fully saturated rings. The Labute approximate surface area is 124 Å². The van der Waals surface area contributed by atoms with Crippen molar-refractivity contribution in [3.05, 3.63) is 33.9 Å². The van der Waals surface area contributed by atoms with Crippen molar-refractivity contribution in [3.8, 4) is 0 Å². The number of hydrogen-bond acceptors (Lipinski definition) is 1. The predicted octanol–water partition coefficient (Wildman–Crippen LogP) is 5.31. The third-order valence-corrected chi connectivity index (χ3v) is 5.32. The molecule has 1 atom stereocenters. The van der Waals surface area contributed by atoms with Crippen LogP contribution in [0, 0.1) is 33.6 Å². The molecule has 1 aliphatic rings. The zero-order chi connectivity index (χ0) is 14.7. The largest absolute Gasteiger partial charge is 0.388 e. The molecule has 20 heavy (non-hydrogen) atoms. The highest BCUT2D eigenvalue weighted by atomic mass is 16.3. The van der Waals surface area contributed by atoms with Crippen molar-refractivity contribution in [2.24, 2.45) is 5.92 Å². The normalized spacial score (nSPS) is 19.4. The summed E-state index contributed by atoms with van der Waals surface area (Å²) in [5.41, 5.74) is 6.43. The van der Waals surface area contributed by atoms with E-state index < -0.39 is 0 Å². The van der Waals surface area contributed by atoms with Crippen LogP contribution in [0.15, 0.2) is 6.07 Å². The van der Waals surface area contributed by atoms with E-state index in [1.165, 1.54) is 72.8 Å². The van der Waals surface area contributed by atoms with Gasteiger partial charge in [-0.3, -0.25) is 0 Å². The van der Waals surface area contributed by atoms with Crippen LogP contribution >= 0.6 is 0 Å². The quantitative estimate of drug-likeness (QED) is 0.774. The minimum absolute atomic E-state index is 0.272. The summed E-state index contributed by atoms with van der Waals surface area (Å²) in [5, 5.41) is 11.0. The summed E-state index contributed by atoms with van der Waals surface area (Å²) >= 11 is 0. The van der Waals surface area contributed by atoms with Crippen molar-refractivity contribution in [1.82, 2.24) is 0 Å². The fourth-order valence-electron chi connectivity index (χ4n) is 3.73. The Morgan fingerprint density at radius 2 is 1.30 bits per heavy atom. The topological polar surface area (TPSA) is 20.2 Å². The second kappa shape index (κ2) is 6.76. The minimum atomic E-state index is -0.272. The average molecular weight is 274 g/mol. The second-order valence-corrected chi connectivity index (χ2v) is 6.72. The van der Waals surface area contributed by atoms with Gasteiger partial charge >= 0.3 is 0 Å². The van der Waals surface area contributed by atoms with E-state index in [1.807, 2.05) is 0 Å². The van der Waals surface area contributed by atoms with Crippen molar-refractivity contribution in [1.29, 1.82) is 0 Å². The van der Waals surface area contributed by atoms with Gasteiger partial charge in [0.25, 0.3) is 0 Å². The molecular weight excluding hydrogens is 244 g/mol. The van der Waals surface area contributed by atoms with Crippen molar-refractivity contribution in [2.75, 3.05) is 0 Å². The van der Waals surface area contributed by atoms with Gasteiger partial charge in [-0.25, -0.2) is 0 Å². The number of aliphatic hydroxyl groups is 1. The third-order valence-electron chi connectivity index (χ3n) is 5.32. The smallest absolute Gasteiger partial charge is 0.0823 e. The first-order chi connectivity index (χ1) is 9.52. The van der Waals surface area contributed by atoms with E-state index in [2.05, 4.69) is 33.8 Å². The molecule has 2 rings (SSSR count). The molecule has 1 aromatic carbocycles.